The first-order valence-corrected chi connectivity index (χ1v) is 12.9. The van der Waals surface area contributed by atoms with Crippen LogP contribution in [0, 0.1) is 5.92 Å². The van der Waals surface area contributed by atoms with E-state index in [4.69, 9.17) is 4.74 Å². The van der Waals surface area contributed by atoms with Gasteiger partial charge in [0.15, 0.2) is 0 Å². The van der Waals surface area contributed by atoms with Gasteiger partial charge in [-0.25, -0.2) is 5.43 Å². The van der Waals surface area contributed by atoms with Crippen LogP contribution in [0.2, 0.25) is 0 Å². The summed E-state index contributed by atoms with van der Waals surface area (Å²) in [6, 6.07) is 24.1. The number of para-hydroxylation sites is 1. The van der Waals surface area contributed by atoms with E-state index in [1.807, 2.05) is 48.5 Å². The summed E-state index contributed by atoms with van der Waals surface area (Å²) >= 11 is 6.92. The van der Waals surface area contributed by atoms with E-state index in [-0.39, 0.29) is 11.8 Å². The number of hydrogen-bond donors (Lipinski definition) is 1. The summed E-state index contributed by atoms with van der Waals surface area (Å²) in [5.74, 6) is 0.694. The molecule has 0 aromatic heterocycles. The van der Waals surface area contributed by atoms with E-state index in [0.717, 1.165) is 58.3 Å². The molecule has 0 unspecified atom stereocenters. The SMILES string of the molecule is O=C(NN=Cc1ccccc1OCc1ccc(Br)cc1)C1CCN(Cc2ccc(Br)cc2)CC1. The van der Waals surface area contributed by atoms with Crippen LogP contribution in [0.1, 0.15) is 29.5 Å². The Hall–Kier alpha value is -2.48. The van der Waals surface area contributed by atoms with Crippen molar-refractivity contribution < 1.29 is 9.53 Å². The minimum Gasteiger partial charge on any atom is -0.488 e. The molecule has 1 N–H and O–H groups in total. The van der Waals surface area contributed by atoms with Gasteiger partial charge in [-0.2, -0.15) is 5.10 Å². The van der Waals surface area contributed by atoms with Gasteiger partial charge in [-0.05, 0) is 73.5 Å². The van der Waals surface area contributed by atoms with E-state index in [0.29, 0.717) is 6.61 Å². The van der Waals surface area contributed by atoms with Gasteiger partial charge in [-0.15, -0.1) is 0 Å². The molecule has 3 aromatic rings. The smallest absolute Gasteiger partial charge is 0.243 e. The van der Waals surface area contributed by atoms with Crippen molar-refractivity contribution in [2.24, 2.45) is 11.0 Å². The molecular formula is C27H27Br2N3O2. The minimum atomic E-state index is -0.0206. The fraction of sp³-hybridized carbons (Fsp3) is 0.259. The summed E-state index contributed by atoms with van der Waals surface area (Å²) in [5, 5.41) is 4.21. The van der Waals surface area contributed by atoms with Gasteiger partial charge in [0.2, 0.25) is 5.91 Å². The predicted octanol–water partition coefficient (Wildman–Crippen LogP) is 6.15. The van der Waals surface area contributed by atoms with Crippen LogP contribution in [-0.2, 0) is 17.9 Å². The standard InChI is InChI=1S/C27H27Br2N3O2/c28-24-9-5-20(6-10-24)18-32-15-13-22(14-16-32)27(33)31-30-17-23-3-1-2-4-26(23)34-19-21-7-11-25(29)12-8-21/h1-12,17,22H,13-16,18-19H2,(H,31,33). The average molecular weight is 585 g/mol. The predicted molar refractivity (Wildman–Crippen MR) is 143 cm³/mol. The molecule has 0 spiro atoms. The average Bonchev–Trinajstić information content (AvgIpc) is 2.86. The molecule has 3 aromatic carbocycles. The monoisotopic (exact) mass is 583 g/mol. The second-order valence-electron chi connectivity index (χ2n) is 8.36. The number of rotatable bonds is 8. The van der Waals surface area contributed by atoms with Crippen LogP contribution in [0.15, 0.2) is 86.8 Å². The Bertz CT molecular complexity index is 1110. The summed E-state index contributed by atoms with van der Waals surface area (Å²) in [6.07, 6.45) is 3.33. The topological polar surface area (TPSA) is 53.9 Å². The Kier molecular flexibility index (Phi) is 8.91. The Morgan fingerprint density at radius 3 is 2.24 bits per heavy atom. The van der Waals surface area contributed by atoms with E-state index in [1.54, 1.807) is 6.21 Å². The molecule has 0 saturated carbocycles. The molecule has 4 rings (SSSR count). The highest BCUT2D eigenvalue weighted by atomic mass is 79.9. The fourth-order valence-electron chi connectivity index (χ4n) is 3.92. The van der Waals surface area contributed by atoms with Crippen LogP contribution in [0.5, 0.6) is 5.75 Å². The number of hydrogen-bond acceptors (Lipinski definition) is 4. The van der Waals surface area contributed by atoms with Gasteiger partial charge in [0.25, 0.3) is 0 Å². The van der Waals surface area contributed by atoms with Crippen LogP contribution >= 0.6 is 31.9 Å². The molecule has 7 heteroatoms. The fourth-order valence-corrected chi connectivity index (χ4v) is 4.45. The molecular weight excluding hydrogens is 558 g/mol. The molecule has 1 aliphatic rings. The summed E-state index contributed by atoms with van der Waals surface area (Å²) in [5.41, 5.74) is 5.92. The third-order valence-corrected chi connectivity index (χ3v) is 6.94. The van der Waals surface area contributed by atoms with Crippen molar-refractivity contribution in [2.75, 3.05) is 13.1 Å². The van der Waals surface area contributed by atoms with Gasteiger partial charge in [0.05, 0.1) is 6.21 Å². The van der Waals surface area contributed by atoms with Crippen molar-refractivity contribution in [1.82, 2.24) is 10.3 Å². The van der Waals surface area contributed by atoms with Gasteiger partial charge < -0.3 is 4.74 Å². The van der Waals surface area contributed by atoms with Gasteiger partial charge in [-0.1, -0.05) is 68.3 Å². The van der Waals surface area contributed by atoms with E-state index >= 15 is 0 Å². The molecule has 1 fully saturated rings. The normalized spacial score (nSPS) is 14.9. The molecule has 34 heavy (non-hydrogen) atoms. The zero-order chi connectivity index (χ0) is 23.8. The van der Waals surface area contributed by atoms with Crippen molar-refractivity contribution in [3.8, 4) is 5.75 Å². The van der Waals surface area contributed by atoms with E-state index < -0.39 is 0 Å². The van der Waals surface area contributed by atoms with Gasteiger partial charge in [0.1, 0.15) is 12.4 Å². The zero-order valence-corrected chi connectivity index (χ0v) is 22.0. The van der Waals surface area contributed by atoms with Crippen LogP contribution in [0.25, 0.3) is 0 Å². The van der Waals surface area contributed by atoms with Crippen molar-refractivity contribution in [1.29, 1.82) is 0 Å². The number of hydrazone groups is 1. The van der Waals surface area contributed by atoms with Crippen LogP contribution in [0.3, 0.4) is 0 Å². The molecule has 1 saturated heterocycles. The lowest BCUT2D eigenvalue weighted by Crippen LogP contribution is -2.39. The summed E-state index contributed by atoms with van der Waals surface area (Å²) < 4.78 is 8.10. The number of benzene rings is 3. The van der Waals surface area contributed by atoms with E-state index in [1.165, 1.54) is 5.56 Å². The first-order chi connectivity index (χ1) is 16.6. The maximum atomic E-state index is 12.6. The third kappa shape index (κ3) is 7.26. The molecule has 0 aliphatic carbocycles. The largest absolute Gasteiger partial charge is 0.488 e. The van der Waals surface area contributed by atoms with Gasteiger partial charge in [-0.3, -0.25) is 9.69 Å². The first-order valence-electron chi connectivity index (χ1n) is 11.3. The van der Waals surface area contributed by atoms with Gasteiger partial charge in [0, 0.05) is 27.0 Å². The maximum Gasteiger partial charge on any atom is 0.243 e. The molecule has 176 valence electrons. The summed E-state index contributed by atoms with van der Waals surface area (Å²) in [7, 11) is 0. The van der Waals surface area contributed by atoms with Crippen molar-refractivity contribution in [3.63, 3.8) is 0 Å². The number of carbonyl (C=O) groups excluding carboxylic acids is 1. The molecule has 0 atom stereocenters. The van der Waals surface area contributed by atoms with Crippen molar-refractivity contribution >= 4 is 44.0 Å². The number of halogens is 2. The maximum absolute atomic E-state index is 12.6. The van der Waals surface area contributed by atoms with E-state index in [2.05, 4.69) is 71.6 Å². The highest BCUT2D eigenvalue weighted by Gasteiger charge is 2.24. The molecule has 0 bridgehead atoms. The molecule has 0 radical (unpaired) electrons. The summed E-state index contributed by atoms with van der Waals surface area (Å²) in [6.45, 7) is 3.19. The summed E-state index contributed by atoms with van der Waals surface area (Å²) in [4.78, 5) is 15.0. The molecule has 1 amide bonds. The van der Waals surface area contributed by atoms with E-state index in [9.17, 15) is 4.79 Å². The lowest BCUT2D eigenvalue weighted by Gasteiger charge is -2.30. The lowest BCUT2D eigenvalue weighted by molar-refractivity contribution is -0.126. The van der Waals surface area contributed by atoms with Crippen LogP contribution in [0.4, 0.5) is 0 Å². The number of likely N-dealkylation sites (tertiary alicyclic amines) is 1. The second kappa shape index (κ2) is 12.3. The van der Waals surface area contributed by atoms with Crippen LogP contribution < -0.4 is 10.2 Å². The Morgan fingerprint density at radius 1 is 0.941 bits per heavy atom. The Morgan fingerprint density at radius 2 is 1.56 bits per heavy atom. The Labute approximate surface area is 217 Å². The first kappa shape index (κ1) is 24.6. The third-order valence-electron chi connectivity index (χ3n) is 5.88. The highest BCUT2D eigenvalue weighted by Crippen LogP contribution is 2.21. The zero-order valence-electron chi connectivity index (χ0n) is 18.8. The number of nitrogens with one attached hydrogen (secondary N) is 1. The number of carbonyl (C=O) groups is 1. The number of amides is 1. The lowest BCUT2D eigenvalue weighted by atomic mass is 9.96. The second-order valence-corrected chi connectivity index (χ2v) is 10.2. The van der Waals surface area contributed by atoms with Crippen molar-refractivity contribution in [3.05, 3.63) is 98.4 Å². The quantitative estimate of drug-likeness (QED) is 0.255. The highest BCUT2D eigenvalue weighted by molar-refractivity contribution is 9.10. The van der Waals surface area contributed by atoms with Gasteiger partial charge >= 0.3 is 0 Å². The molecule has 1 aliphatic heterocycles. The number of piperidine rings is 1. The van der Waals surface area contributed by atoms with Crippen LogP contribution in [-0.4, -0.2) is 30.1 Å². The minimum absolute atomic E-state index is 0.0118. The Balaban J connectivity index is 1.25. The molecule has 5 nitrogen and oxygen atoms in total. The van der Waals surface area contributed by atoms with Crippen molar-refractivity contribution in [2.45, 2.75) is 26.0 Å². The molecule has 1 heterocycles. The number of ether oxygens (including phenoxy) is 1. The number of nitrogens with zero attached hydrogens (tertiary/aromatic N) is 2.